The van der Waals surface area contributed by atoms with Gasteiger partial charge in [0.25, 0.3) is 0 Å². The van der Waals surface area contributed by atoms with Crippen LogP contribution < -0.4 is 5.73 Å². The molecule has 0 aromatic rings. The third kappa shape index (κ3) is 2.25. The van der Waals surface area contributed by atoms with E-state index in [0.717, 1.165) is 19.1 Å². The first kappa shape index (κ1) is 11.9. The molecule has 0 radical (unpaired) electrons. The maximum atomic E-state index is 6.01. The van der Waals surface area contributed by atoms with Crippen LogP contribution in [0.5, 0.6) is 0 Å². The van der Waals surface area contributed by atoms with Gasteiger partial charge in [-0.2, -0.15) is 0 Å². The zero-order chi connectivity index (χ0) is 11.9. The molecule has 0 aromatic heterocycles. The Labute approximate surface area is 105 Å². The van der Waals surface area contributed by atoms with Gasteiger partial charge in [-0.05, 0) is 57.9 Å². The molecule has 1 aliphatic heterocycles. The molecule has 3 fully saturated rings. The highest BCUT2D eigenvalue weighted by atomic mass is 16.5. The van der Waals surface area contributed by atoms with Gasteiger partial charge in [0.2, 0.25) is 0 Å². The molecule has 3 rings (SSSR count). The number of hydrogen-bond donors (Lipinski definition) is 1. The van der Waals surface area contributed by atoms with Gasteiger partial charge in [0.1, 0.15) is 0 Å². The van der Waals surface area contributed by atoms with Crippen LogP contribution in [-0.2, 0) is 4.74 Å². The van der Waals surface area contributed by atoms with Crippen molar-refractivity contribution in [2.45, 2.75) is 62.6 Å². The predicted molar refractivity (Wildman–Crippen MR) is 68.9 cm³/mol. The zero-order valence-corrected chi connectivity index (χ0v) is 11.0. The van der Waals surface area contributed by atoms with E-state index in [1.807, 2.05) is 0 Å². The number of nitrogens with two attached hydrogens (primary N) is 1. The fourth-order valence-electron chi connectivity index (χ4n) is 3.71. The van der Waals surface area contributed by atoms with Crippen molar-refractivity contribution in [3.8, 4) is 0 Å². The number of ether oxygens (including phenoxy) is 1. The number of hydrogen-bond acceptors (Lipinski definition) is 3. The van der Waals surface area contributed by atoms with Gasteiger partial charge in [-0.3, -0.25) is 4.90 Å². The highest BCUT2D eigenvalue weighted by molar-refractivity contribution is 4.98. The second kappa shape index (κ2) is 4.52. The van der Waals surface area contributed by atoms with E-state index in [-0.39, 0.29) is 5.60 Å². The minimum Gasteiger partial charge on any atom is -0.375 e. The van der Waals surface area contributed by atoms with Crippen molar-refractivity contribution in [2.24, 2.45) is 11.7 Å². The maximum Gasteiger partial charge on any atom is 0.0697 e. The highest BCUT2D eigenvalue weighted by Gasteiger charge is 2.45. The highest BCUT2D eigenvalue weighted by Crippen LogP contribution is 2.44. The van der Waals surface area contributed by atoms with E-state index in [1.165, 1.54) is 44.9 Å². The Balaban J connectivity index is 1.62. The summed E-state index contributed by atoms with van der Waals surface area (Å²) in [6, 6.07) is 1.33. The third-order valence-corrected chi connectivity index (χ3v) is 5.24. The third-order valence-electron chi connectivity index (χ3n) is 5.24. The molecule has 3 heteroatoms. The summed E-state index contributed by atoms with van der Waals surface area (Å²) >= 11 is 0. The van der Waals surface area contributed by atoms with E-state index in [4.69, 9.17) is 10.5 Å². The minimum absolute atomic E-state index is 0.264. The van der Waals surface area contributed by atoms with Crippen LogP contribution in [0.15, 0.2) is 0 Å². The molecular formula is C14H26N2O. The molecule has 2 unspecified atom stereocenters. The van der Waals surface area contributed by atoms with Gasteiger partial charge in [0, 0.05) is 25.2 Å². The molecule has 3 nitrogen and oxygen atoms in total. The standard InChI is InChI=1S/C14H26N2O/c1-16(13(10-15)11-3-4-11)12-5-8-17-14(9-12)6-2-7-14/h11-13H,2-10,15H2,1H3. The van der Waals surface area contributed by atoms with Crippen LogP contribution in [0.3, 0.4) is 0 Å². The van der Waals surface area contributed by atoms with Crippen LogP contribution in [-0.4, -0.2) is 42.8 Å². The summed E-state index contributed by atoms with van der Waals surface area (Å²) in [6.07, 6.45) is 9.15. The number of rotatable bonds is 4. The van der Waals surface area contributed by atoms with Crippen molar-refractivity contribution in [1.82, 2.24) is 4.90 Å². The van der Waals surface area contributed by atoms with Crippen LogP contribution in [0.25, 0.3) is 0 Å². The molecule has 2 atom stereocenters. The second-order valence-electron chi connectivity index (χ2n) is 6.34. The summed E-state index contributed by atoms with van der Waals surface area (Å²) in [4.78, 5) is 2.58. The first-order valence-electron chi connectivity index (χ1n) is 7.30. The Kier molecular flexibility index (Phi) is 3.18. The summed E-state index contributed by atoms with van der Waals surface area (Å²) in [6.45, 7) is 1.78. The SMILES string of the molecule is CN(C1CCOC2(CCC2)C1)C(CN)C1CC1. The molecule has 2 saturated carbocycles. The smallest absolute Gasteiger partial charge is 0.0697 e. The van der Waals surface area contributed by atoms with Crippen LogP contribution >= 0.6 is 0 Å². The lowest BCUT2D eigenvalue weighted by atomic mass is 9.73. The molecule has 0 amide bonds. The average Bonchev–Trinajstić information content (AvgIpc) is 3.12. The van der Waals surface area contributed by atoms with Crippen molar-refractivity contribution < 1.29 is 4.74 Å². The van der Waals surface area contributed by atoms with Crippen molar-refractivity contribution in [3.63, 3.8) is 0 Å². The summed E-state index contributed by atoms with van der Waals surface area (Å²) in [5.74, 6) is 0.880. The molecule has 1 spiro atoms. The van der Waals surface area contributed by atoms with Gasteiger partial charge in [-0.15, -0.1) is 0 Å². The first-order valence-corrected chi connectivity index (χ1v) is 7.30. The van der Waals surface area contributed by atoms with Gasteiger partial charge >= 0.3 is 0 Å². The molecule has 2 N–H and O–H groups in total. The van der Waals surface area contributed by atoms with E-state index >= 15 is 0 Å². The quantitative estimate of drug-likeness (QED) is 0.811. The van der Waals surface area contributed by atoms with E-state index in [0.29, 0.717) is 12.1 Å². The fourth-order valence-corrected chi connectivity index (χ4v) is 3.71. The predicted octanol–water partition coefficient (Wildman–Crippen LogP) is 1.76. The molecule has 17 heavy (non-hydrogen) atoms. The van der Waals surface area contributed by atoms with E-state index in [2.05, 4.69) is 11.9 Å². The summed E-state index contributed by atoms with van der Waals surface area (Å²) in [5.41, 5.74) is 6.23. The van der Waals surface area contributed by atoms with E-state index < -0.39 is 0 Å². The number of nitrogens with zero attached hydrogens (tertiary/aromatic N) is 1. The van der Waals surface area contributed by atoms with Gasteiger partial charge in [-0.1, -0.05) is 0 Å². The Bertz CT molecular complexity index is 273. The van der Waals surface area contributed by atoms with E-state index in [9.17, 15) is 0 Å². The van der Waals surface area contributed by atoms with Crippen LogP contribution in [0.1, 0.15) is 44.9 Å². The Hall–Kier alpha value is -0.120. The largest absolute Gasteiger partial charge is 0.375 e. The molecule has 1 heterocycles. The lowest BCUT2D eigenvalue weighted by molar-refractivity contribution is -0.149. The first-order chi connectivity index (χ1) is 8.24. The lowest BCUT2D eigenvalue weighted by Gasteiger charge is -2.50. The maximum absolute atomic E-state index is 6.01. The molecule has 0 aromatic carbocycles. The molecule has 3 aliphatic rings. The van der Waals surface area contributed by atoms with Gasteiger partial charge < -0.3 is 10.5 Å². The normalized spacial score (nSPS) is 33.7. The van der Waals surface area contributed by atoms with Crippen LogP contribution in [0, 0.1) is 5.92 Å². The summed E-state index contributed by atoms with van der Waals surface area (Å²) in [5, 5.41) is 0. The minimum atomic E-state index is 0.264. The summed E-state index contributed by atoms with van der Waals surface area (Å²) in [7, 11) is 2.29. The molecule has 98 valence electrons. The number of likely N-dealkylation sites (N-methyl/N-ethyl adjacent to an activating group) is 1. The Morgan fingerprint density at radius 1 is 1.35 bits per heavy atom. The van der Waals surface area contributed by atoms with Crippen molar-refractivity contribution >= 4 is 0 Å². The lowest BCUT2D eigenvalue weighted by Crippen LogP contribution is -2.54. The van der Waals surface area contributed by atoms with Gasteiger partial charge in [-0.25, -0.2) is 0 Å². The van der Waals surface area contributed by atoms with Crippen molar-refractivity contribution in [2.75, 3.05) is 20.2 Å². The summed E-state index contributed by atoms with van der Waals surface area (Å²) < 4.78 is 6.01. The van der Waals surface area contributed by atoms with Crippen molar-refractivity contribution in [3.05, 3.63) is 0 Å². The van der Waals surface area contributed by atoms with Crippen LogP contribution in [0.4, 0.5) is 0 Å². The monoisotopic (exact) mass is 238 g/mol. The molecular weight excluding hydrogens is 212 g/mol. The fraction of sp³-hybridized carbons (Fsp3) is 1.00. The van der Waals surface area contributed by atoms with Crippen LogP contribution in [0.2, 0.25) is 0 Å². The van der Waals surface area contributed by atoms with Gasteiger partial charge in [0.15, 0.2) is 0 Å². The molecule has 1 saturated heterocycles. The zero-order valence-electron chi connectivity index (χ0n) is 11.0. The van der Waals surface area contributed by atoms with Gasteiger partial charge in [0.05, 0.1) is 5.60 Å². The van der Waals surface area contributed by atoms with E-state index in [1.54, 1.807) is 0 Å². The molecule has 2 aliphatic carbocycles. The topological polar surface area (TPSA) is 38.5 Å². The average molecular weight is 238 g/mol. The molecule has 0 bridgehead atoms. The van der Waals surface area contributed by atoms with Crippen molar-refractivity contribution in [1.29, 1.82) is 0 Å². The second-order valence-corrected chi connectivity index (χ2v) is 6.34. The Morgan fingerprint density at radius 3 is 2.65 bits per heavy atom. The Morgan fingerprint density at radius 2 is 2.12 bits per heavy atom.